The number of rotatable bonds is 0. The zero-order chi connectivity index (χ0) is 7.84. The Labute approximate surface area is 65.2 Å². The van der Waals surface area contributed by atoms with Gasteiger partial charge in [0.15, 0.2) is 0 Å². The predicted molar refractivity (Wildman–Crippen MR) is 36.1 cm³/mol. The lowest BCUT2D eigenvalue weighted by Crippen LogP contribution is -2.24. The zero-order valence-electron chi connectivity index (χ0n) is 6.03. The van der Waals surface area contributed by atoms with Crippen LogP contribution in [0.2, 0.25) is 0 Å². The van der Waals surface area contributed by atoms with E-state index in [1.165, 1.54) is 0 Å². The van der Waals surface area contributed by atoms with E-state index in [4.69, 9.17) is 15.3 Å². The van der Waals surface area contributed by atoms with E-state index in [1.807, 2.05) is 0 Å². The smallest absolute Gasteiger partial charge is 0.0908 e. The summed E-state index contributed by atoms with van der Waals surface area (Å²) >= 11 is 0. The first-order chi connectivity index (χ1) is 5.36. The van der Waals surface area contributed by atoms with Crippen molar-refractivity contribution in [2.45, 2.75) is 25.0 Å². The van der Waals surface area contributed by atoms with Gasteiger partial charge in [-0.3, -0.25) is 0 Å². The minimum Gasteiger partial charge on any atom is -0.372 e. The van der Waals surface area contributed by atoms with Crippen LogP contribution in [0.4, 0.5) is 0 Å². The third kappa shape index (κ3) is 0.751. The van der Waals surface area contributed by atoms with E-state index >= 15 is 0 Å². The average molecular weight is 148 g/mol. The van der Waals surface area contributed by atoms with E-state index in [9.17, 15) is 0 Å². The molecule has 0 saturated carbocycles. The molecule has 3 heteroatoms. The molecule has 2 rings (SSSR count). The molecule has 0 aliphatic carbocycles. The third-order valence-electron chi connectivity index (χ3n) is 2.57. The first-order valence-corrected chi connectivity index (χ1v) is 3.81. The number of nitriles is 2. The molecule has 4 atom stereocenters. The molecule has 0 radical (unpaired) electrons. The lowest BCUT2D eigenvalue weighted by Gasteiger charge is -2.15. The van der Waals surface area contributed by atoms with Crippen LogP contribution in [-0.4, -0.2) is 12.2 Å². The molecule has 0 N–H and O–H groups in total. The second-order valence-electron chi connectivity index (χ2n) is 3.10. The number of hydrogen-bond donors (Lipinski definition) is 0. The lowest BCUT2D eigenvalue weighted by atomic mass is 9.81. The van der Waals surface area contributed by atoms with Crippen molar-refractivity contribution >= 4 is 0 Å². The first-order valence-electron chi connectivity index (χ1n) is 3.81. The van der Waals surface area contributed by atoms with Gasteiger partial charge in [-0.1, -0.05) is 0 Å². The Hall–Kier alpha value is -1.06. The van der Waals surface area contributed by atoms with E-state index in [1.54, 1.807) is 0 Å². The van der Waals surface area contributed by atoms with Crippen molar-refractivity contribution < 1.29 is 4.74 Å². The van der Waals surface area contributed by atoms with Crippen molar-refractivity contribution in [1.29, 1.82) is 10.5 Å². The van der Waals surface area contributed by atoms with Gasteiger partial charge in [0.1, 0.15) is 0 Å². The molecular weight excluding hydrogens is 140 g/mol. The van der Waals surface area contributed by atoms with Gasteiger partial charge in [-0.05, 0) is 12.8 Å². The maximum atomic E-state index is 8.71. The van der Waals surface area contributed by atoms with Crippen LogP contribution < -0.4 is 0 Å². The summed E-state index contributed by atoms with van der Waals surface area (Å²) in [5.41, 5.74) is 0. The zero-order valence-corrected chi connectivity index (χ0v) is 6.03. The van der Waals surface area contributed by atoms with Crippen LogP contribution in [0.15, 0.2) is 0 Å². The van der Waals surface area contributed by atoms with E-state index in [2.05, 4.69) is 12.1 Å². The summed E-state index contributed by atoms with van der Waals surface area (Å²) in [6.45, 7) is 0. The molecule has 2 heterocycles. The van der Waals surface area contributed by atoms with E-state index in [0.29, 0.717) is 0 Å². The molecule has 2 saturated heterocycles. The first kappa shape index (κ1) is 6.64. The third-order valence-corrected chi connectivity index (χ3v) is 2.57. The number of hydrogen-bond acceptors (Lipinski definition) is 3. The number of fused-ring (bicyclic) bond motifs is 2. The van der Waals surface area contributed by atoms with Gasteiger partial charge in [0.25, 0.3) is 0 Å². The van der Waals surface area contributed by atoms with Crippen LogP contribution in [0.1, 0.15) is 12.8 Å². The molecule has 3 nitrogen and oxygen atoms in total. The Balaban J connectivity index is 2.24. The second-order valence-corrected chi connectivity index (χ2v) is 3.10. The minimum atomic E-state index is -0.168. The van der Waals surface area contributed by atoms with Gasteiger partial charge < -0.3 is 4.74 Å². The van der Waals surface area contributed by atoms with Gasteiger partial charge in [-0.15, -0.1) is 0 Å². The van der Waals surface area contributed by atoms with Crippen LogP contribution in [0, 0.1) is 34.5 Å². The molecule has 0 aromatic rings. The van der Waals surface area contributed by atoms with Gasteiger partial charge in [-0.2, -0.15) is 10.5 Å². The molecule has 0 spiro atoms. The van der Waals surface area contributed by atoms with Crippen molar-refractivity contribution in [1.82, 2.24) is 0 Å². The van der Waals surface area contributed by atoms with Gasteiger partial charge in [0, 0.05) is 0 Å². The van der Waals surface area contributed by atoms with Crippen molar-refractivity contribution in [2.24, 2.45) is 11.8 Å². The standard InChI is InChI=1S/C8H8N2O/c9-3-5-6(4-10)8-2-1-7(5)11-8/h5-8H,1-2H2/t5-,6-,7-,8+/m0/s1. The topological polar surface area (TPSA) is 56.8 Å². The van der Waals surface area contributed by atoms with Crippen molar-refractivity contribution in [2.75, 3.05) is 0 Å². The summed E-state index contributed by atoms with van der Waals surface area (Å²) in [7, 11) is 0. The SMILES string of the molecule is N#C[C@H]1[C@H](C#N)[C@H]2CC[C@@H]1O2. The van der Waals surface area contributed by atoms with E-state index < -0.39 is 0 Å². The fraction of sp³-hybridized carbons (Fsp3) is 0.750. The highest BCUT2D eigenvalue weighted by molar-refractivity contribution is 5.12. The van der Waals surface area contributed by atoms with Crippen LogP contribution in [0.3, 0.4) is 0 Å². The highest BCUT2D eigenvalue weighted by atomic mass is 16.5. The van der Waals surface area contributed by atoms with Crippen LogP contribution in [0.25, 0.3) is 0 Å². The summed E-state index contributed by atoms with van der Waals surface area (Å²) in [6, 6.07) is 4.30. The number of ether oxygens (including phenoxy) is 1. The van der Waals surface area contributed by atoms with Crippen LogP contribution in [-0.2, 0) is 4.74 Å². The molecule has 0 aromatic carbocycles. The predicted octanol–water partition coefficient (Wildman–Crippen LogP) is 0.827. The molecule has 56 valence electrons. The average Bonchev–Trinajstić information content (AvgIpc) is 2.60. The van der Waals surface area contributed by atoms with E-state index in [-0.39, 0.29) is 24.0 Å². The van der Waals surface area contributed by atoms with Crippen LogP contribution in [0.5, 0.6) is 0 Å². The molecule has 2 aliphatic heterocycles. The van der Waals surface area contributed by atoms with Gasteiger partial charge >= 0.3 is 0 Å². The van der Waals surface area contributed by atoms with Crippen LogP contribution >= 0.6 is 0 Å². The maximum absolute atomic E-state index is 8.71. The lowest BCUT2D eigenvalue weighted by molar-refractivity contribution is 0.0944. The van der Waals surface area contributed by atoms with Gasteiger partial charge in [0.05, 0.1) is 36.2 Å². The van der Waals surface area contributed by atoms with Crippen molar-refractivity contribution in [3.63, 3.8) is 0 Å². The second kappa shape index (κ2) is 2.22. The molecule has 0 amide bonds. The van der Waals surface area contributed by atoms with Crippen molar-refractivity contribution in [3.05, 3.63) is 0 Å². The highest BCUT2D eigenvalue weighted by Gasteiger charge is 2.49. The molecule has 2 fully saturated rings. The summed E-state index contributed by atoms with van der Waals surface area (Å²) in [4.78, 5) is 0. The largest absolute Gasteiger partial charge is 0.372 e. The quantitative estimate of drug-likeness (QED) is 0.511. The Morgan fingerprint density at radius 1 is 1.00 bits per heavy atom. The molecule has 0 aromatic heterocycles. The summed E-state index contributed by atoms with van der Waals surface area (Å²) in [5, 5.41) is 17.4. The Morgan fingerprint density at radius 2 is 1.45 bits per heavy atom. The summed E-state index contributed by atoms with van der Waals surface area (Å²) in [6.07, 6.45) is 2.02. The monoisotopic (exact) mass is 148 g/mol. The Bertz CT molecular complexity index is 224. The summed E-state index contributed by atoms with van der Waals surface area (Å²) < 4.78 is 5.43. The molecular formula is C8H8N2O. The molecule has 11 heavy (non-hydrogen) atoms. The van der Waals surface area contributed by atoms with E-state index in [0.717, 1.165) is 12.8 Å². The normalized spacial score (nSPS) is 46.7. The Kier molecular flexibility index (Phi) is 1.34. The van der Waals surface area contributed by atoms with Gasteiger partial charge in [-0.25, -0.2) is 0 Å². The molecule has 2 aliphatic rings. The van der Waals surface area contributed by atoms with Gasteiger partial charge in [0.2, 0.25) is 0 Å². The van der Waals surface area contributed by atoms with Crippen molar-refractivity contribution in [3.8, 4) is 12.1 Å². The summed E-state index contributed by atoms with van der Waals surface area (Å²) in [5.74, 6) is -0.336. The fourth-order valence-corrected chi connectivity index (χ4v) is 2.01. The highest BCUT2D eigenvalue weighted by Crippen LogP contribution is 2.42. The minimum absolute atomic E-state index is 0.0506. The Morgan fingerprint density at radius 3 is 1.82 bits per heavy atom. The molecule has 0 unspecified atom stereocenters. The maximum Gasteiger partial charge on any atom is 0.0908 e. The fourth-order valence-electron chi connectivity index (χ4n) is 2.01. The number of nitrogens with zero attached hydrogens (tertiary/aromatic N) is 2. The molecule has 2 bridgehead atoms.